The van der Waals surface area contributed by atoms with Gasteiger partial charge in [0, 0.05) is 13.1 Å². The van der Waals surface area contributed by atoms with Crippen LogP contribution in [0.4, 0.5) is 5.69 Å². The molecule has 0 saturated heterocycles. The molecule has 2 nitrogen and oxygen atoms in total. The lowest BCUT2D eigenvalue weighted by Gasteiger charge is -2.25. The van der Waals surface area contributed by atoms with Crippen molar-refractivity contribution in [2.75, 3.05) is 18.0 Å². The van der Waals surface area contributed by atoms with E-state index in [1.807, 2.05) is 24.3 Å². The molecular weight excluding hydrogens is 364 g/mol. The van der Waals surface area contributed by atoms with Crippen LogP contribution < -0.4 is 4.90 Å². The highest BCUT2D eigenvalue weighted by molar-refractivity contribution is 5.67. The Bertz CT molecular complexity index is 842. The quantitative estimate of drug-likeness (QED) is 0.423. The summed E-state index contributed by atoms with van der Waals surface area (Å²) in [5.41, 5.74) is 8.57. The predicted molar refractivity (Wildman–Crippen MR) is 133 cm³/mol. The van der Waals surface area contributed by atoms with Crippen LogP contribution >= 0.6 is 0 Å². The molecular formula is C28H40N2. The number of allylic oxidation sites excluding steroid dienone is 1. The van der Waals surface area contributed by atoms with Crippen LogP contribution in [0.5, 0.6) is 0 Å². The fourth-order valence-electron chi connectivity index (χ4n) is 3.59. The highest BCUT2D eigenvalue weighted by Crippen LogP contribution is 2.24. The Morgan fingerprint density at radius 1 is 0.900 bits per heavy atom. The van der Waals surface area contributed by atoms with E-state index in [0.717, 1.165) is 37.2 Å². The number of hydrogen-bond acceptors (Lipinski definition) is 2. The summed E-state index contributed by atoms with van der Waals surface area (Å²) in [6.45, 7) is 19.3. The Kier molecular flexibility index (Phi) is 11.6. The second-order valence-corrected chi connectivity index (χ2v) is 8.07. The molecule has 0 unspecified atom stereocenters. The van der Waals surface area contributed by atoms with Crippen LogP contribution in [0.2, 0.25) is 0 Å². The van der Waals surface area contributed by atoms with Gasteiger partial charge in [0.1, 0.15) is 6.07 Å². The Balaban J connectivity index is 0.000000303. The molecule has 0 aliphatic carbocycles. The van der Waals surface area contributed by atoms with Gasteiger partial charge in [-0.15, -0.1) is 0 Å². The zero-order valence-electron chi connectivity index (χ0n) is 20.0. The number of benzene rings is 2. The van der Waals surface area contributed by atoms with E-state index < -0.39 is 0 Å². The molecule has 0 radical (unpaired) electrons. The molecule has 0 aromatic heterocycles. The van der Waals surface area contributed by atoms with Crippen molar-refractivity contribution in [1.82, 2.24) is 0 Å². The number of aryl methyl sites for hydroxylation is 3. The number of hydrogen-bond donors (Lipinski definition) is 0. The van der Waals surface area contributed by atoms with Gasteiger partial charge in [0.2, 0.25) is 0 Å². The van der Waals surface area contributed by atoms with Crippen LogP contribution in [0.25, 0.3) is 5.57 Å². The summed E-state index contributed by atoms with van der Waals surface area (Å²) in [6, 6.07) is 14.7. The number of anilines is 1. The first kappa shape index (κ1) is 25.5. The monoisotopic (exact) mass is 404 g/mol. The molecule has 0 amide bonds. The van der Waals surface area contributed by atoms with Crippen LogP contribution in [-0.2, 0) is 0 Å². The third-order valence-corrected chi connectivity index (χ3v) is 5.41. The fourth-order valence-corrected chi connectivity index (χ4v) is 3.59. The van der Waals surface area contributed by atoms with E-state index >= 15 is 0 Å². The van der Waals surface area contributed by atoms with Crippen LogP contribution in [0.1, 0.15) is 80.7 Å². The van der Waals surface area contributed by atoms with E-state index in [1.54, 1.807) is 0 Å². The van der Waals surface area contributed by atoms with Gasteiger partial charge in [-0.25, -0.2) is 0 Å². The summed E-state index contributed by atoms with van der Waals surface area (Å²) < 4.78 is 0. The highest BCUT2D eigenvalue weighted by Gasteiger charge is 2.09. The summed E-state index contributed by atoms with van der Waals surface area (Å²) in [5, 5.41) is 9.08. The SMILES string of the molecule is C=C(CCC)c1cc(C)c(C)cc1C.CCCCN(CCC)c1ccccc1C#N. The maximum atomic E-state index is 9.08. The first-order chi connectivity index (χ1) is 14.4. The lowest BCUT2D eigenvalue weighted by molar-refractivity contribution is 0.703. The molecule has 162 valence electrons. The minimum atomic E-state index is 0.784. The van der Waals surface area contributed by atoms with Gasteiger partial charge in [-0.2, -0.15) is 5.26 Å². The smallest absolute Gasteiger partial charge is 0.101 e. The summed E-state index contributed by atoms with van der Waals surface area (Å²) in [7, 11) is 0. The van der Waals surface area contributed by atoms with Crippen LogP contribution in [0, 0.1) is 32.1 Å². The summed E-state index contributed by atoms with van der Waals surface area (Å²) >= 11 is 0. The molecule has 0 aliphatic rings. The average Bonchev–Trinajstić information content (AvgIpc) is 2.74. The maximum absolute atomic E-state index is 9.08. The molecule has 2 aromatic rings. The highest BCUT2D eigenvalue weighted by atomic mass is 15.1. The third-order valence-electron chi connectivity index (χ3n) is 5.41. The Labute approximate surface area is 185 Å². The van der Waals surface area contributed by atoms with Crippen molar-refractivity contribution in [3.63, 3.8) is 0 Å². The van der Waals surface area contributed by atoms with Crippen LogP contribution in [0.3, 0.4) is 0 Å². The second-order valence-electron chi connectivity index (χ2n) is 8.07. The molecule has 2 aromatic carbocycles. The van der Waals surface area contributed by atoms with Crippen LogP contribution in [0.15, 0.2) is 43.0 Å². The van der Waals surface area contributed by atoms with Gasteiger partial charge >= 0.3 is 0 Å². The van der Waals surface area contributed by atoms with Crippen molar-refractivity contribution in [2.45, 2.75) is 73.6 Å². The standard InChI is InChI=1S/C14H20N2.C14H20/c1-3-5-11-16(10-4-2)14-9-7-6-8-13(14)12-15;1-6-7-10(2)14-9-12(4)11(3)8-13(14)5/h6-9H,3-5,10-11H2,1-2H3;8-9H,2,6-7H2,1,3-5H3. The number of nitrogens with zero attached hydrogens (tertiary/aromatic N) is 2. The number of rotatable bonds is 9. The van der Waals surface area contributed by atoms with Gasteiger partial charge in [-0.05, 0) is 80.0 Å². The molecule has 0 spiro atoms. The molecule has 2 rings (SSSR count). The Morgan fingerprint density at radius 2 is 1.57 bits per heavy atom. The summed E-state index contributed by atoms with van der Waals surface area (Å²) in [6.07, 6.45) is 5.76. The van der Waals surface area contributed by atoms with E-state index in [0.29, 0.717) is 0 Å². The van der Waals surface area contributed by atoms with Crippen molar-refractivity contribution in [3.8, 4) is 6.07 Å². The molecule has 2 heteroatoms. The minimum Gasteiger partial charge on any atom is -0.370 e. The second kappa shape index (κ2) is 13.6. The number of para-hydroxylation sites is 1. The van der Waals surface area contributed by atoms with E-state index in [4.69, 9.17) is 5.26 Å². The zero-order valence-corrected chi connectivity index (χ0v) is 20.0. The maximum Gasteiger partial charge on any atom is 0.101 e. The lowest BCUT2D eigenvalue weighted by atomic mass is 9.94. The molecule has 0 N–H and O–H groups in total. The molecule has 0 fully saturated rings. The van der Waals surface area contributed by atoms with Crippen molar-refractivity contribution in [2.24, 2.45) is 0 Å². The van der Waals surface area contributed by atoms with Crippen molar-refractivity contribution < 1.29 is 0 Å². The van der Waals surface area contributed by atoms with Gasteiger partial charge in [0.05, 0.1) is 11.3 Å². The lowest BCUT2D eigenvalue weighted by Crippen LogP contribution is -2.25. The molecule has 0 aliphatic heterocycles. The van der Waals surface area contributed by atoms with Crippen LogP contribution in [-0.4, -0.2) is 13.1 Å². The molecule has 0 bridgehead atoms. The number of unbranched alkanes of at least 4 members (excludes halogenated alkanes) is 1. The molecule has 30 heavy (non-hydrogen) atoms. The summed E-state index contributed by atoms with van der Waals surface area (Å²) in [5.74, 6) is 0. The minimum absolute atomic E-state index is 0.784. The zero-order chi connectivity index (χ0) is 22.5. The van der Waals surface area contributed by atoms with Gasteiger partial charge in [0.15, 0.2) is 0 Å². The van der Waals surface area contributed by atoms with Crippen molar-refractivity contribution >= 4 is 11.3 Å². The summed E-state index contributed by atoms with van der Waals surface area (Å²) in [4.78, 5) is 2.32. The van der Waals surface area contributed by atoms with Crippen molar-refractivity contribution in [1.29, 1.82) is 5.26 Å². The molecule has 0 heterocycles. The van der Waals surface area contributed by atoms with Gasteiger partial charge < -0.3 is 4.90 Å². The first-order valence-corrected chi connectivity index (χ1v) is 11.4. The topological polar surface area (TPSA) is 27.0 Å². The van der Waals surface area contributed by atoms with Gasteiger partial charge in [0.25, 0.3) is 0 Å². The van der Waals surface area contributed by atoms with Crippen molar-refractivity contribution in [3.05, 3.63) is 70.8 Å². The average molecular weight is 405 g/mol. The van der Waals surface area contributed by atoms with E-state index in [2.05, 4.69) is 71.2 Å². The van der Waals surface area contributed by atoms with Gasteiger partial charge in [-0.3, -0.25) is 0 Å². The normalized spacial score (nSPS) is 10.0. The van der Waals surface area contributed by atoms with Gasteiger partial charge in [-0.1, -0.05) is 64.5 Å². The predicted octanol–water partition coefficient (Wildman–Crippen LogP) is 8.00. The number of nitriles is 1. The van der Waals surface area contributed by atoms with E-state index in [-0.39, 0.29) is 0 Å². The Morgan fingerprint density at radius 3 is 2.17 bits per heavy atom. The molecule has 0 saturated carbocycles. The third kappa shape index (κ3) is 7.71. The first-order valence-electron chi connectivity index (χ1n) is 11.4. The van der Waals surface area contributed by atoms with E-state index in [1.165, 1.54) is 47.1 Å². The largest absolute Gasteiger partial charge is 0.370 e. The van der Waals surface area contributed by atoms with E-state index in [9.17, 15) is 0 Å². The fraction of sp³-hybridized carbons (Fsp3) is 0.464. The molecule has 0 atom stereocenters. The Hall–Kier alpha value is -2.53.